The molecule has 1 saturated carbocycles. The highest BCUT2D eigenvalue weighted by molar-refractivity contribution is 5.87. The first kappa shape index (κ1) is 28.6. The maximum absolute atomic E-state index is 12.7. The molecule has 7 heteroatoms. The fraction of sp³-hybridized carbons (Fsp3) is 0.485. The number of aliphatic hydroxyl groups excluding tert-OH is 1. The molecule has 2 aromatic carbocycles. The van der Waals surface area contributed by atoms with E-state index in [0.717, 1.165) is 29.7 Å². The number of allylic oxidation sites excluding steroid dienone is 1. The Hall–Kier alpha value is -2.97. The molecule has 0 aromatic heterocycles. The Morgan fingerprint density at radius 2 is 1.77 bits per heavy atom. The number of carbonyl (C=O) groups is 1. The van der Waals surface area contributed by atoms with Crippen molar-refractivity contribution in [2.45, 2.75) is 83.1 Å². The van der Waals surface area contributed by atoms with Crippen LogP contribution in [0.5, 0.6) is 11.5 Å². The monoisotopic (exact) mass is 548 g/mol. The summed E-state index contributed by atoms with van der Waals surface area (Å²) in [5.41, 5.74) is 2.31. The molecule has 0 amide bonds. The molecule has 1 N–H and O–H groups in total. The topological polar surface area (TPSA) is 90.1 Å². The molecular formula is C33H40O7. The molecule has 2 aliphatic heterocycles. The Bertz CT molecular complexity index is 1220. The van der Waals surface area contributed by atoms with Crippen LogP contribution in [0.2, 0.25) is 0 Å². The predicted octanol–water partition coefficient (Wildman–Crippen LogP) is 5.99. The maximum Gasteiger partial charge on any atom is 0.331 e. The lowest BCUT2D eigenvalue weighted by molar-refractivity contribution is -0.162. The van der Waals surface area contributed by atoms with Crippen LogP contribution in [0, 0.1) is 5.92 Å². The fourth-order valence-electron chi connectivity index (χ4n) is 5.83. The quantitative estimate of drug-likeness (QED) is 0.160. The minimum atomic E-state index is -0.847. The van der Waals surface area contributed by atoms with Crippen molar-refractivity contribution in [3.05, 3.63) is 77.4 Å². The Morgan fingerprint density at radius 1 is 1.10 bits per heavy atom. The van der Waals surface area contributed by atoms with Crippen LogP contribution in [0.15, 0.2) is 66.3 Å². The lowest BCUT2D eigenvalue weighted by atomic mass is 9.68. The van der Waals surface area contributed by atoms with E-state index in [9.17, 15) is 9.90 Å². The molecule has 5 rings (SSSR count). The van der Waals surface area contributed by atoms with Crippen molar-refractivity contribution in [2.75, 3.05) is 13.2 Å². The molecule has 0 radical (unpaired) electrons. The summed E-state index contributed by atoms with van der Waals surface area (Å²) in [6, 6.07) is 15.3. The molecule has 2 aromatic rings. The van der Waals surface area contributed by atoms with Gasteiger partial charge in [0, 0.05) is 12.7 Å². The largest absolute Gasteiger partial charge is 0.457 e. The van der Waals surface area contributed by atoms with Crippen LogP contribution in [0.1, 0.15) is 58.1 Å². The van der Waals surface area contributed by atoms with Gasteiger partial charge in [0.25, 0.3) is 0 Å². The van der Waals surface area contributed by atoms with Gasteiger partial charge in [-0.2, -0.15) is 0 Å². The number of carbonyl (C=O) groups excluding carboxylic acids is 1. The van der Waals surface area contributed by atoms with Gasteiger partial charge in [0.1, 0.15) is 28.8 Å². The molecule has 1 aliphatic carbocycles. The molecule has 0 bridgehead atoms. The first-order valence-electron chi connectivity index (χ1n) is 14.2. The SMILES string of the molecule is CCOCc1ccc(Oc2ccc(/C=C/C(=O)O[C@@H]3CCC4(CO4)C([C@@]4(C)OC4CC=C(C)C)[C@@H]3O)cc2)cc1. The third-order valence-electron chi connectivity index (χ3n) is 8.18. The zero-order valence-corrected chi connectivity index (χ0v) is 23.8. The van der Waals surface area contributed by atoms with Gasteiger partial charge in [0.2, 0.25) is 0 Å². The van der Waals surface area contributed by atoms with E-state index in [2.05, 4.69) is 19.9 Å². The molecular weight excluding hydrogens is 508 g/mol. The third-order valence-corrected chi connectivity index (χ3v) is 8.18. The molecule has 3 unspecified atom stereocenters. The summed E-state index contributed by atoms with van der Waals surface area (Å²) < 4.78 is 29.1. The Morgan fingerprint density at radius 3 is 2.40 bits per heavy atom. The van der Waals surface area contributed by atoms with Crippen LogP contribution >= 0.6 is 0 Å². The van der Waals surface area contributed by atoms with Crippen LogP contribution in [0.25, 0.3) is 6.08 Å². The first-order valence-corrected chi connectivity index (χ1v) is 14.2. The van der Waals surface area contributed by atoms with Gasteiger partial charge >= 0.3 is 5.97 Å². The second-order valence-electron chi connectivity index (χ2n) is 11.4. The molecule has 7 nitrogen and oxygen atoms in total. The summed E-state index contributed by atoms with van der Waals surface area (Å²) in [6.45, 7) is 10.0. The number of hydrogen-bond donors (Lipinski definition) is 1. The third kappa shape index (κ3) is 6.50. The Balaban J connectivity index is 1.14. The van der Waals surface area contributed by atoms with Crippen molar-refractivity contribution in [3.63, 3.8) is 0 Å². The number of rotatable bonds is 11. The van der Waals surface area contributed by atoms with Crippen molar-refractivity contribution < 1.29 is 33.6 Å². The average Bonchev–Trinajstić information content (AvgIpc) is 3.85. The minimum Gasteiger partial charge on any atom is -0.457 e. The summed E-state index contributed by atoms with van der Waals surface area (Å²) in [4.78, 5) is 12.7. The smallest absolute Gasteiger partial charge is 0.331 e. The van der Waals surface area contributed by atoms with Crippen molar-refractivity contribution in [3.8, 4) is 11.5 Å². The molecule has 2 heterocycles. The number of hydrogen-bond acceptors (Lipinski definition) is 7. The van der Waals surface area contributed by atoms with Crippen molar-refractivity contribution in [1.29, 1.82) is 0 Å². The summed E-state index contributed by atoms with van der Waals surface area (Å²) in [5.74, 6) is 0.720. The minimum absolute atomic E-state index is 0.0316. The summed E-state index contributed by atoms with van der Waals surface area (Å²) in [7, 11) is 0. The highest BCUT2D eigenvalue weighted by atomic mass is 16.6. The van der Waals surface area contributed by atoms with E-state index in [0.29, 0.717) is 32.0 Å². The van der Waals surface area contributed by atoms with Crippen LogP contribution in [-0.4, -0.2) is 53.8 Å². The van der Waals surface area contributed by atoms with Crippen molar-refractivity contribution in [1.82, 2.24) is 0 Å². The van der Waals surface area contributed by atoms with E-state index in [4.69, 9.17) is 23.7 Å². The van der Waals surface area contributed by atoms with Gasteiger partial charge in [0.15, 0.2) is 0 Å². The summed E-state index contributed by atoms with van der Waals surface area (Å²) >= 11 is 0. The molecule has 2 saturated heterocycles. The van der Waals surface area contributed by atoms with E-state index < -0.39 is 23.8 Å². The molecule has 3 fully saturated rings. The fourth-order valence-corrected chi connectivity index (χ4v) is 5.83. The number of ether oxygens (including phenoxy) is 5. The van der Waals surface area contributed by atoms with Gasteiger partial charge in [-0.05, 0) is 88.4 Å². The predicted molar refractivity (Wildman–Crippen MR) is 152 cm³/mol. The van der Waals surface area contributed by atoms with Crippen LogP contribution in [0.4, 0.5) is 0 Å². The van der Waals surface area contributed by atoms with Crippen LogP contribution < -0.4 is 4.74 Å². The second-order valence-corrected chi connectivity index (χ2v) is 11.4. The Kier molecular flexibility index (Phi) is 8.47. The highest BCUT2D eigenvalue weighted by Crippen LogP contribution is 2.59. The average molecular weight is 549 g/mol. The zero-order valence-electron chi connectivity index (χ0n) is 23.8. The molecule has 3 aliphatic rings. The van der Waals surface area contributed by atoms with Crippen molar-refractivity contribution in [2.24, 2.45) is 5.92 Å². The highest BCUT2D eigenvalue weighted by Gasteiger charge is 2.71. The van der Waals surface area contributed by atoms with E-state index in [-0.39, 0.29) is 17.6 Å². The lowest BCUT2D eigenvalue weighted by Crippen LogP contribution is -2.54. The molecule has 40 heavy (non-hydrogen) atoms. The standard InChI is InChI=1S/C33H40O7/c1-5-36-20-24-9-14-26(15-10-24)38-25-12-7-23(8-13-25)11-17-29(34)39-27-18-19-33(21-37-33)31(30(27)35)32(4)28(40-32)16-6-22(2)3/h6-15,17,27-28,30-31,35H,5,16,18-21H2,1-4H3/b17-11+/t27-,28?,30-,31?,32+,33?/m1/s1. The van der Waals surface area contributed by atoms with Crippen LogP contribution in [0.3, 0.4) is 0 Å². The van der Waals surface area contributed by atoms with Gasteiger partial charge in [-0.1, -0.05) is 35.9 Å². The van der Waals surface area contributed by atoms with Gasteiger partial charge in [-0.25, -0.2) is 4.79 Å². The Labute approximate surface area is 236 Å². The number of benzene rings is 2. The molecule has 214 valence electrons. The first-order chi connectivity index (χ1) is 19.2. The van der Waals surface area contributed by atoms with Crippen molar-refractivity contribution >= 4 is 12.0 Å². The second kappa shape index (κ2) is 11.9. The van der Waals surface area contributed by atoms with E-state index in [1.165, 1.54) is 11.6 Å². The van der Waals surface area contributed by atoms with Crippen LogP contribution in [-0.2, 0) is 30.3 Å². The van der Waals surface area contributed by atoms with E-state index >= 15 is 0 Å². The van der Waals surface area contributed by atoms with Gasteiger partial charge in [0.05, 0.1) is 31.3 Å². The van der Waals surface area contributed by atoms with Gasteiger partial charge < -0.3 is 28.8 Å². The zero-order chi connectivity index (χ0) is 28.3. The van der Waals surface area contributed by atoms with E-state index in [1.807, 2.05) is 62.4 Å². The maximum atomic E-state index is 12.7. The molecule has 6 atom stereocenters. The normalized spacial score (nSPS) is 30.7. The van der Waals surface area contributed by atoms with Gasteiger partial charge in [-0.15, -0.1) is 0 Å². The number of aliphatic hydroxyl groups is 1. The molecule has 1 spiro atoms. The van der Waals surface area contributed by atoms with E-state index in [1.54, 1.807) is 6.08 Å². The van der Waals surface area contributed by atoms with Gasteiger partial charge in [-0.3, -0.25) is 0 Å². The lowest BCUT2D eigenvalue weighted by Gasteiger charge is -2.40. The summed E-state index contributed by atoms with van der Waals surface area (Å²) in [5, 5.41) is 11.3. The number of esters is 1. The number of epoxide rings is 2. The summed E-state index contributed by atoms with van der Waals surface area (Å²) in [6.07, 6.45) is 5.95.